The molecule has 2 saturated carbocycles. The zero-order chi connectivity index (χ0) is 14.3. The molecule has 0 aromatic carbocycles. The molecule has 0 saturated heterocycles. The van der Waals surface area contributed by atoms with Gasteiger partial charge in [-0.2, -0.15) is 0 Å². The number of carbonyl (C=O) groups is 1. The van der Waals surface area contributed by atoms with Gasteiger partial charge >= 0.3 is 0 Å². The van der Waals surface area contributed by atoms with Gasteiger partial charge in [0.15, 0.2) is 5.69 Å². The lowest BCUT2D eigenvalue weighted by Gasteiger charge is -2.34. The lowest BCUT2D eigenvalue weighted by Crippen LogP contribution is -2.42. The summed E-state index contributed by atoms with van der Waals surface area (Å²) < 4.78 is 31.0. The summed E-state index contributed by atoms with van der Waals surface area (Å²) in [6, 6.07) is -0.161. The summed E-state index contributed by atoms with van der Waals surface area (Å²) in [5.74, 6) is -2.60. The topological polar surface area (TPSA) is 59.2 Å². The van der Waals surface area contributed by atoms with E-state index in [1.54, 1.807) is 7.05 Å². The summed E-state index contributed by atoms with van der Waals surface area (Å²) in [7, 11) is 1.64. The van der Waals surface area contributed by atoms with E-state index in [-0.39, 0.29) is 36.4 Å². The van der Waals surface area contributed by atoms with Crippen LogP contribution < -0.4 is 0 Å². The van der Waals surface area contributed by atoms with Gasteiger partial charge < -0.3 is 4.90 Å². The lowest BCUT2D eigenvalue weighted by atomic mass is 9.91. The second-order valence-corrected chi connectivity index (χ2v) is 5.78. The number of rotatable bonds is 3. The molecule has 3 rings (SSSR count). The molecule has 110 valence electrons. The van der Waals surface area contributed by atoms with E-state index in [1.807, 2.05) is 0 Å². The third kappa shape index (κ3) is 2.53. The van der Waals surface area contributed by atoms with Crippen LogP contribution in [0.15, 0.2) is 4.63 Å². The Kier molecular flexibility index (Phi) is 3.22. The van der Waals surface area contributed by atoms with Gasteiger partial charge in [-0.3, -0.25) is 4.79 Å². The molecule has 0 radical (unpaired) electrons. The van der Waals surface area contributed by atoms with E-state index in [4.69, 9.17) is 0 Å². The first kappa shape index (κ1) is 13.5. The van der Waals surface area contributed by atoms with Crippen molar-refractivity contribution in [2.45, 2.75) is 56.4 Å². The SMILES string of the molecule is CN(C(=O)c1nonc1C1CC1)C1CCC(F)(F)CC1. The van der Waals surface area contributed by atoms with Crippen LogP contribution in [-0.2, 0) is 0 Å². The van der Waals surface area contributed by atoms with E-state index in [0.29, 0.717) is 18.5 Å². The van der Waals surface area contributed by atoms with Crippen LogP contribution in [0.25, 0.3) is 0 Å². The van der Waals surface area contributed by atoms with Crippen molar-refractivity contribution >= 4 is 5.91 Å². The Morgan fingerprint density at radius 2 is 1.90 bits per heavy atom. The van der Waals surface area contributed by atoms with Crippen LogP contribution in [0.5, 0.6) is 0 Å². The minimum atomic E-state index is -2.59. The van der Waals surface area contributed by atoms with Crippen LogP contribution in [0.4, 0.5) is 8.78 Å². The van der Waals surface area contributed by atoms with Crippen LogP contribution in [-0.4, -0.2) is 40.1 Å². The van der Waals surface area contributed by atoms with Crippen LogP contribution in [0.2, 0.25) is 0 Å². The smallest absolute Gasteiger partial charge is 0.278 e. The molecule has 0 bridgehead atoms. The van der Waals surface area contributed by atoms with Crippen molar-refractivity contribution in [1.82, 2.24) is 15.2 Å². The van der Waals surface area contributed by atoms with E-state index in [2.05, 4.69) is 14.9 Å². The molecule has 1 heterocycles. The fourth-order valence-electron chi connectivity index (χ4n) is 2.71. The summed E-state index contributed by atoms with van der Waals surface area (Å²) in [5, 5.41) is 7.49. The number of aromatic nitrogens is 2. The maximum Gasteiger partial charge on any atom is 0.278 e. The third-order valence-corrected chi connectivity index (χ3v) is 4.24. The largest absolute Gasteiger partial charge is 0.337 e. The number of alkyl halides is 2. The Hall–Kier alpha value is -1.53. The zero-order valence-corrected chi connectivity index (χ0v) is 11.3. The number of amides is 1. The molecule has 5 nitrogen and oxygen atoms in total. The molecule has 0 atom stereocenters. The average Bonchev–Trinajstić information content (AvgIpc) is 3.15. The summed E-state index contributed by atoms with van der Waals surface area (Å²) in [4.78, 5) is 13.9. The van der Waals surface area contributed by atoms with Gasteiger partial charge in [0, 0.05) is 31.8 Å². The minimum absolute atomic E-state index is 0.161. The summed E-state index contributed by atoms with van der Waals surface area (Å²) in [6.07, 6.45) is 2.30. The van der Waals surface area contributed by atoms with E-state index in [0.717, 1.165) is 12.8 Å². The monoisotopic (exact) mass is 285 g/mol. The summed E-state index contributed by atoms with van der Waals surface area (Å²) in [5.41, 5.74) is 0.857. The van der Waals surface area contributed by atoms with Crippen molar-refractivity contribution in [2.24, 2.45) is 0 Å². The summed E-state index contributed by atoms with van der Waals surface area (Å²) in [6.45, 7) is 0. The predicted octanol–water partition coefficient (Wildman–Crippen LogP) is 2.60. The van der Waals surface area contributed by atoms with Crippen molar-refractivity contribution in [2.75, 3.05) is 7.05 Å². The van der Waals surface area contributed by atoms with Crippen LogP contribution in [0.3, 0.4) is 0 Å². The molecule has 2 aliphatic rings. The van der Waals surface area contributed by atoms with Crippen LogP contribution in [0, 0.1) is 0 Å². The predicted molar refractivity (Wildman–Crippen MR) is 65.6 cm³/mol. The second kappa shape index (κ2) is 4.79. The number of nitrogens with zero attached hydrogens (tertiary/aromatic N) is 3. The van der Waals surface area contributed by atoms with Crippen LogP contribution >= 0.6 is 0 Å². The fourth-order valence-corrected chi connectivity index (χ4v) is 2.71. The van der Waals surface area contributed by atoms with Gasteiger partial charge in [0.1, 0.15) is 5.69 Å². The molecule has 1 aromatic heterocycles. The van der Waals surface area contributed by atoms with E-state index >= 15 is 0 Å². The maximum atomic E-state index is 13.2. The Morgan fingerprint density at radius 3 is 2.50 bits per heavy atom. The van der Waals surface area contributed by atoms with Crippen LogP contribution in [0.1, 0.15) is 60.6 Å². The molecule has 0 aliphatic heterocycles. The van der Waals surface area contributed by atoms with Crippen molar-refractivity contribution in [1.29, 1.82) is 0 Å². The highest BCUT2D eigenvalue weighted by Gasteiger charge is 2.39. The normalized spacial score (nSPS) is 22.8. The Balaban J connectivity index is 1.69. The van der Waals surface area contributed by atoms with Gasteiger partial charge in [-0.25, -0.2) is 13.4 Å². The first-order valence-corrected chi connectivity index (χ1v) is 6.95. The standard InChI is InChI=1S/C13H17F2N3O2/c1-18(9-4-6-13(14,15)7-5-9)12(19)11-10(8-2-3-8)16-20-17-11/h8-9H,2-7H2,1H3. The number of hydrogen-bond donors (Lipinski definition) is 0. The molecule has 0 N–H and O–H groups in total. The highest BCUT2D eigenvalue weighted by Crippen LogP contribution is 2.41. The first-order valence-electron chi connectivity index (χ1n) is 6.95. The Bertz CT molecular complexity index is 503. The van der Waals surface area contributed by atoms with E-state index < -0.39 is 5.92 Å². The van der Waals surface area contributed by atoms with Crippen molar-refractivity contribution < 1.29 is 18.2 Å². The lowest BCUT2D eigenvalue weighted by molar-refractivity contribution is -0.0491. The third-order valence-electron chi connectivity index (χ3n) is 4.24. The van der Waals surface area contributed by atoms with Gasteiger partial charge in [0.05, 0.1) is 0 Å². The van der Waals surface area contributed by atoms with Crippen molar-refractivity contribution in [3.05, 3.63) is 11.4 Å². The second-order valence-electron chi connectivity index (χ2n) is 5.78. The molecule has 2 aliphatic carbocycles. The number of halogens is 2. The molecule has 0 spiro atoms. The molecule has 1 amide bonds. The molecule has 7 heteroatoms. The quantitative estimate of drug-likeness (QED) is 0.856. The Labute approximate surface area is 115 Å². The molecular weight excluding hydrogens is 268 g/mol. The molecule has 2 fully saturated rings. The van der Waals surface area contributed by atoms with Gasteiger partial charge in [0.2, 0.25) is 5.92 Å². The number of carbonyl (C=O) groups excluding carboxylic acids is 1. The molecule has 1 aromatic rings. The Morgan fingerprint density at radius 1 is 1.25 bits per heavy atom. The van der Waals surface area contributed by atoms with Gasteiger partial charge in [-0.15, -0.1) is 0 Å². The molecular formula is C13H17F2N3O2. The minimum Gasteiger partial charge on any atom is -0.337 e. The highest BCUT2D eigenvalue weighted by molar-refractivity contribution is 5.93. The highest BCUT2D eigenvalue weighted by atomic mass is 19.3. The number of hydrogen-bond acceptors (Lipinski definition) is 4. The van der Waals surface area contributed by atoms with Gasteiger partial charge in [0.25, 0.3) is 5.91 Å². The van der Waals surface area contributed by atoms with Gasteiger partial charge in [-0.05, 0) is 30.8 Å². The average molecular weight is 285 g/mol. The van der Waals surface area contributed by atoms with E-state index in [9.17, 15) is 13.6 Å². The summed E-state index contributed by atoms with van der Waals surface area (Å²) >= 11 is 0. The molecule has 0 unspecified atom stereocenters. The van der Waals surface area contributed by atoms with Crippen molar-refractivity contribution in [3.8, 4) is 0 Å². The first-order chi connectivity index (χ1) is 9.48. The van der Waals surface area contributed by atoms with Crippen molar-refractivity contribution in [3.63, 3.8) is 0 Å². The zero-order valence-electron chi connectivity index (χ0n) is 11.3. The maximum absolute atomic E-state index is 13.2. The fraction of sp³-hybridized carbons (Fsp3) is 0.769. The van der Waals surface area contributed by atoms with Gasteiger partial charge in [-0.1, -0.05) is 5.16 Å². The van der Waals surface area contributed by atoms with E-state index in [1.165, 1.54) is 4.90 Å². The molecule has 20 heavy (non-hydrogen) atoms.